The van der Waals surface area contributed by atoms with E-state index in [2.05, 4.69) is 46.6 Å². The third kappa shape index (κ3) is 1.90. The van der Waals surface area contributed by atoms with Gasteiger partial charge >= 0.3 is 0 Å². The Hall–Kier alpha value is -1.87. The first-order chi connectivity index (χ1) is 9.63. The Morgan fingerprint density at radius 3 is 2.65 bits per heavy atom. The van der Waals surface area contributed by atoms with Crippen molar-refractivity contribution in [1.82, 2.24) is 14.5 Å². The SMILES string of the molecule is Cc1cccc(-n2c(CCl)nc3c(C)ccnc32)c1C. The Labute approximate surface area is 123 Å². The van der Waals surface area contributed by atoms with Crippen LogP contribution in [0.2, 0.25) is 0 Å². The molecule has 1 aromatic carbocycles. The molecule has 3 aromatic rings. The maximum atomic E-state index is 6.09. The summed E-state index contributed by atoms with van der Waals surface area (Å²) in [4.78, 5) is 9.15. The van der Waals surface area contributed by atoms with Gasteiger partial charge in [0.2, 0.25) is 0 Å². The number of pyridine rings is 1. The van der Waals surface area contributed by atoms with E-state index in [-0.39, 0.29) is 0 Å². The van der Waals surface area contributed by atoms with Gasteiger partial charge in [-0.3, -0.25) is 4.57 Å². The van der Waals surface area contributed by atoms with Crippen molar-refractivity contribution in [2.45, 2.75) is 26.7 Å². The van der Waals surface area contributed by atoms with Crippen LogP contribution in [0.15, 0.2) is 30.5 Å². The molecule has 2 heterocycles. The molecule has 0 aliphatic heterocycles. The van der Waals surface area contributed by atoms with E-state index in [1.807, 2.05) is 19.2 Å². The smallest absolute Gasteiger partial charge is 0.164 e. The van der Waals surface area contributed by atoms with Crippen molar-refractivity contribution in [3.8, 4) is 5.69 Å². The molecular formula is C16H16ClN3. The zero-order chi connectivity index (χ0) is 14.3. The van der Waals surface area contributed by atoms with Crippen LogP contribution in [0, 0.1) is 20.8 Å². The first kappa shape index (κ1) is 13.1. The van der Waals surface area contributed by atoms with Crippen LogP contribution >= 0.6 is 11.6 Å². The maximum absolute atomic E-state index is 6.09. The van der Waals surface area contributed by atoms with Gasteiger partial charge in [0.05, 0.1) is 11.6 Å². The molecule has 0 amide bonds. The third-order valence-corrected chi connectivity index (χ3v) is 3.99. The summed E-state index contributed by atoms with van der Waals surface area (Å²) in [5.74, 6) is 1.19. The molecule has 0 aliphatic rings. The number of benzene rings is 1. The van der Waals surface area contributed by atoms with E-state index in [0.717, 1.165) is 28.2 Å². The second-order valence-corrected chi connectivity index (χ2v) is 5.28. The fourth-order valence-electron chi connectivity index (χ4n) is 2.46. The highest BCUT2D eigenvalue weighted by atomic mass is 35.5. The number of rotatable bonds is 2. The van der Waals surface area contributed by atoms with Crippen LogP contribution in [0.3, 0.4) is 0 Å². The van der Waals surface area contributed by atoms with Gasteiger partial charge in [-0.05, 0) is 49.6 Å². The number of hydrogen-bond acceptors (Lipinski definition) is 2. The summed E-state index contributed by atoms with van der Waals surface area (Å²) < 4.78 is 2.07. The molecule has 0 bridgehead atoms. The van der Waals surface area contributed by atoms with E-state index in [1.54, 1.807) is 0 Å². The number of halogens is 1. The Morgan fingerprint density at radius 2 is 1.90 bits per heavy atom. The molecule has 3 rings (SSSR count). The van der Waals surface area contributed by atoms with Crippen molar-refractivity contribution in [2.24, 2.45) is 0 Å². The Bertz CT molecular complexity index is 790. The average Bonchev–Trinajstić information content (AvgIpc) is 2.82. The summed E-state index contributed by atoms with van der Waals surface area (Å²) in [6.45, 7) is 6.27. The molecule has 2 aromatic heterocycles. The van der Waals surface area contributed by atoms with E-state index in [1.165, 1.54) is 11.1 Å². The number of fused-ring (bicyclic) bond motifs is 1. The van der Waals surface area contributed by atoms with E-state index >= 15 is 0 Å². The standard InChI is InChI=1S/C16H16ClN3/c1-10-5-4-6-13(12(10)3)20-14(9-17)19-15-11(2)7-8-18-16(15)20/h4-8H,9H2,1-3H3. The second-order valence-electron chi connectivity index (χ2n) is 5.02. The zero-order valence-electron chi connectivity index (χ0n) is 11.8. The molecule has 0 fully saturated rings. The monoisotopic (exact) mass is 285 g/mol. The Balaban J connectivity index is 2.41. The van der Waals surface area contributed by atoms with Gasteiger partial charge in [-0.2, -0.15) is 0 Å². The molecule has 0 saturated carbocycles. The minimum atomic E-state index is 0.364. The molecule has 0 unspecified atom stereocenters. The van der Waals surface area contributed by atoms with Crippen LogP contribution < -0.4 is 0 Å². The largest absolute Gasteiger partial charge is 0.279 e. The fraction of sp³-hybridized carbons (Fsp3) is 0.250. The average molecular weight is 286 g/mol. The molecular weight excluding hydrogens is 270 g/mol. The topological polar surface area (TPSA) is 30.7 Å². The molecule has 0 saturated heterocycles. The molecule has 0 atom stereocenters. The van der Waals surface area contributed by atoms with Crippen LogP contribution in [-0.4, -0.2) is 14.5 Å². The van der Waals surface area contributed by atoms with Gasteiger partial charge in [0, 0.05) is 6.20 Å². The number of hydrogen-bond donors (Lipinski definition) is 0. The van der Waals surface area contributed by atoms with Crippen LogP contribution in [0.1, 0.15) is 22.5 Å². The lowest BCUT2D eigenvalue weighted by atomic mass is 10.1. The Morgan fingerprint density at radius 1 is 1.10 bits per heavy atom. The van der Waals surface area contributed by atoms with Crippen LogP contribution in [0.25, 0.3) is 16.9 Å². The summed E-state index contributed by atoms with van der Waals surface area (Å²) in [5, 5.41) is 0. The molecule has 4 heteroatoms. The molecule has 0 aliphatic carbocycles. The molecule has 20 heavy (non-hydrogen) atoms. The molecule has 3 nitrogen and oxygen atoms in total. The van der Waals surface area contributed by atoms with Crippen LogP contribution in [0.5, 0.6) is 0 Å². The first-order valence-electron chi connectivity index (χ1n) is 6.59. The van der Waals surface area contributed by atoms with Crippen molar-refractivity contribution < 1.29 is 0 Å². The number of aromatic nitrogens is 3. The van der Waals surface area contributed by atoms with Crippen LogP contribution in [-0.2, 0) is 5.88 Å². The molecule has 102 valence electrons. The van der Waals surface area contributed by atoms with Gasteiger partial charge in [0.15, 0.2) is 5.65 Å². The maximum Gasteiger partial charge on any atom is 0.164 e. The van der Waals surface area contributed by atoms with E-state index in [4.69, 9.17) is 11.6 Å². The summed E-state index contributed by atoms with van der Waals surface area (Å²) in [6, 6.07) is 8.22. The van der Waals surface area contributed by atoms with Crippen molar-refractivity contribution in [3.05, 3.63) is 53.0 Å². The molecule has 0 spiro atoms. The van der Waals surface area contributed by atoms with E-state index in [9.17, 15) is 0 Å². The predicted octanol–water partition coefficient (Wildman–Crippen LogP) is 4.08. The van der Waals surface area contributed by atoms with E-state index in [0.29, 0.717) is 5.88 Å². The summed E-state index contributed by atoms with van der Waals surface area (Å²) in [7, 11) is 0. The fourth-order valence-corrected chi connectivity index (χ4v) is 2.64. The number of nitrogens with zero attached hydrogens (tertiary/aromatic N) is 3. The van der Waals surface area contributed by atoms with Crippen molar-refractivity contribution in [3.63, 3.8) is 0 Å². The lowest BCUT2D eigenvalue weighted by Gasteiger charge is -2.12. The number of aryl methyl sites for hydroxylation is 2. The minimum absolute atomic E-state index is 0.364. The van der Waals surface area contributed by atoms with Gasteiger partial charge in [0.25, 0.3) is 0 Å². The third-order valence-electron chi connectivity index (χ3n) is 3.75. The zero-order valence-corrected chi connectivity index (χ0v) is 12.6. The van der Waals surface area contributed by atoms with Gasteiger partial charge in [0.1, 0.15) is 11.3 Å². The van der Waals surface area contributed by atoms with Crippen molar-refractivity contribution in [2.75, 3.05) is 0 Å². The number of alkyl halides is 1. The normalized spacial score (nSPS) is 11.2. The molecule has 0 N–H and O–H groups in total. The second kappa shape index (κ2) is 4.91. The number of imidazole rings is 1. The van der Waals surface area contributed by atoms with Crippen molar-refractivity contribution >= 4 is 22.8 Å². The lowest BCUT2D eigenvalue weighted by molar-refractivity contribution is 0.957. The lowest BCUT2D eigenvalue weighted by Crippen LogP contribution is -2.03. The minimum Gasteiger partial charge on any atom is -0.279 e. The first-order valence-corrected chi connectivity index (χ1v) is 7.12. The van der Waals surface area contributed by atoms with Gasteiger partial charge < -0.3 is 0 Å². The quantitative estimate of drug-likeness (QED) is 0.664. The van der Waals surface area contributed by atoms with Crippen molar-refractivity contribution in [1.29, 1.82) is 0 Å². The summed E-state index contributed by atoms with van der Waals surface area (Å²) in [5.41, 5.74) is 6.48. The highest BCUT2D eigenvalue weighted by Gasteiger charge is 2.15. The van der Waals surface area contributed by atoms with Gasteiger partial charge in [-0.25, -0.2) is 9.97 Å². The highest BCUT2D eigenvalue weighted by molar-refractivity contribution is 6.17. The summed E-state index contributed by atoms with van der Waals surface area (Å²) in [6.07, 6.45) is 1.82. The highest BCUT2D eigenvalue weighted by Crippen LogP contribution is 2.26. The summed E-state index contributed by atoms with van der Waals surface area (Å²) >= 11 is 6.09. The van der Waals surface area contributed by atoms with Gasteiger partial charge in [-0.1, -0.05) is 12.1 Å². The molecule has 0 radical (unpaired) electrons. The Kier molecular flexibility index (Phi) is 3.22. The van der Waals surface area contributed by atoms with E-state index < -0.39 is 0 Å². The van der Waals surface area contributed by atoms with Crippen LogP contribution in [0.4, 0.5) is 0 Å². The van der Waals surface area contributed by atoms with Gasteiger partial charge in [-0.15, -0.1) is 11.6 Å². The predicted molar refractivity (Wildman–Crippen MR) is 82.6 cm³/mol.